The molecular weight excluding hydrogens is 378 g/mol. The maximum absolute atomic E-state index is 12.6. The Labute approximate surface area is 177 Å². The molecule has 1 aliphatic rings. The number of aryl methyl sites for hydroxylation is 2. The number of hydrazone groups is 1. The lowest BCUT2D eigenvalue weighted by Crippen LogP contribution is -2.31. The molecular formula is C23H29N5O2. The molecule has 1 aromatic carbocycles. The summed E-state index contributed by atoms with van der Waals surface area (Å²) in [7, 11) is 3.93. The van der Waals surface area contributed by atoms with E-state index in [1.807, 2.05) is 51.0 Å². The minimum atomic E-state index is -0.221. The van der Waals surface area contributed by atoms with E-state index in [9.17, 15) is 9.59 Å². The number of nitrogens with zero attached hydrogens (tertiary/aromatic N) is 2. The molecule has 0 spiro atoms. The molecule has 0 bridgehead atoms. The van der Waals surface area contributed by atoms with Crippen LogP contribution in [0.4, 0.5) is 0 Å². The first-order chi connectivity index (χ1) is 14.4. The van der Waals surface area contributed by atoms with Crippen molar-refractivity contribution in [2.75, 3.05) is 27.2 Å². The lowest BCUT2D eigenvalue weighted by atomic mass is 10.0. The fraction of sp³-hybridized carbons (Fsp3) is 0.348. The molecule has 3 rings (SSSR count). The molecule has 0 atom stereocenters. The van der Waals surface area contributed by atoms with Crippen LogP contribution in [0.5, 0.6) is 0 Å². The Morgan fingerprint density at radius 3 is 2.60 bits per heavy atom. The van der Waals surface area contributed by atoms with Crippen molar-refractivity contribution in [3.63, 3.8) is 0 Å². The summed E-state index contributed by atoms with van der Waals surface area (Å²) in [6.07, 6.45) is 3.25. The van der Waals surface area contributed by atoms with Crippen LogP contribution in [0.25, 0.3) is 6.08 Å². The van der Waals surface area contributed by atoms with E-state index in [2.05, 4.69) is 33.0 Å². The van der Waals surface area contributed by atoms with E-state index < -0.39 is 0 Å². The predicted molar refractivity (Wildman–Crippen MR) is 119 cm³/mol. The van der Waals surface area contributed by atoms with Crippen molar-refractivity contribution in [1.82, 2.24) is 20.6 Å². The second kappa shape index (κ2) is 9.54. The number of H-pyrrole nitrogens is 1. The molecule has 0 fully saturated rings. The van der Waals surface area contributed by atoms with Crippen LogP contribution in [0.15, 0.2) is 41.0 Å². The van der Waals surface area contributed by atoms with Gasteiger partial charge in [0.25, 0.3) is 11.8 Å². The number of aromatic nitrogens is 1. The Hall–Kier alpha value is -3.19. The summed E-state index contributed by atoms with van der Waals surface area (Å²) in [6.45, 7) is 5.11. The summed E-state index contributed by atoms with van der Waals surface area (Å²) in [5.41, 5.74) is 8.01. The zero-order valence-electron chi connectivity index (χ0n) is 18.0. The lowest BCUT2D eigenvalue weighted by Gasteiger charge is -2.10. The number of hydrogen-bond donors (Lipinski definition) is 3. The maximum Gasteiger partial charge on any atom is 0.273 e. The van der Waals surface area contributed by atoms with Gasteiger partial charge in [-0.05, 0) is 58.0 Å². The molecule has 2 amide bonds. The number of nitrogens with one attached hydrogen (secondary N) is 3. The number of aromatic amines is 1. The molecule has 0 unspecified atom stereocenters. The summed E-state index contributed by atoms with van der Waals surface area (Å²) in [6, 6.07) is 10.1. The Balaban J connectivity index is 1.77. The largest absolute Gasteiger partial charge is 0.358 e. The first-order valence-corrected chi connectivity index (χ1v) is 10.1. The second-order valence-corrected chi connectivity index (χ2v) is 7.77. The highest BCUT2D eigenvalue weighted by Gasteiger charge is 2.24. The highest BCUT2D eigenvalue weighted by atomic mass is 16.2. The van der Waals surface area contributed by atoms with Gasteiger partial charge in [-0.1, -0.05) is 30.3 Å². The monoisotopic (exact) mass is 407 g/mol. The van der Waals surface area contributed by atoms with Gasteiger partial charge in [0.2, 0.25) is 0 Å². The predicted octanol–water partition coefficient (Wildman–Crippen LogP) is 2.42. The van der Waals surface area contributed by atoms with Gasteiger partial charge in [0.15, 0.2) is 0 Å². The van der Waals surface area contributed by atoms with Crippen LogP contribution in [-0.2, 0) is 11.2 Å². The van der Waals surface area contributed by atoms with E-state index in [1.54, 1.807) is 6.08 Å². The van der Waals surface area contributed by atoms with Gasteiger partial charge in [-0.2, -0.15) is 5.10 Å². The van der Waals surface area contributed by atoms with E-state index in [4.69, 9.17) is 0 Å². The van der Waals surface area contributed by atoms with Crippen molar-refractivity contribution in [1.29, 1.82) is 0 Å². The molecule has 7 nitrogen and oxygen atoms in total. The summed E-state index contributed by atoms with van der Waals surface area (Å²) in [5, 5.41) is 7.16. The molecule has 2 heterocycles. The number of amides is 2. The molecule has 1 aliphatic heterocycles. The minimum absolute atomic E-state index is 0.110. The highest BCUT2D eigenvalue weighted by Crippen LogP contribution is 2.22. The fourth-order valence-electron chi connectivity index (χ4n) is 3.50. The summed E-state index contributed by atoms with van der Waals surface area (Å²) >= 11 is 0. The van der Waals surface area contributed by atoms with Gasteiger partial charge in [0, 0.05) is 24.5 Å². The van der Waals surface area contributed by atoms with E-state index in [0.29, 0.717) is 24.1 Å². The molecule has 2 aromatic rings. The van der Waals surface area contributed by atoms with Crippen LogP contribution in [0.2, 0.25) is 0 Å². The Morgan fingerprint density at radius 1 is 1.17 bits per heavy atom. The lowest BCUT2D eigenvalue weighted by molar-refractivity contribution is -0.116. The van der Waals surface area contributed by atoms with Crippen molar-refractivity contribution in [2.24, 2.45) is 5.10 Å². The average Bonchev–Trinajstić information content (AvgIpc) is 3.20. The third-order valence-corrected chi connectivity index (χ3v) is 5.18. The molecule has 0 saturated heterocycles. The first kappa shape index (κ1) is 21.5. The average molecular weight is 408 g/mol. The molecule has 158 valence electrons. The van der Waals surface area contributed by atoms with Gasteiger partial charge in [-0.15, -0.1) is 0 Å². The number of rotatable bonds is 8. The molecule has 1 aromatic heterocycles. The van der Waals surface area contributed by atoms with E-state index in [0.717, 1.165) is 35.6 Å². The van der Waals surface area contributed by atoms with Gasteiger partial charge in [0.05, 0.1) is 16.8 Å². The number of carbonyl (C=O) groups excluding carboxylic acids is 2. The van der Waals surface area contributed by atoms with Crippen molar-refractivity contribution >= 4 is 23.6 Å². The SMILES string of the molecule is Cc1[nH]c(C=C2C(=O)NN=C2CCc2ccccc2)c(C)c1C(=O)NCCN(C)C. The van der Waals surface area contributed by atoms with E-state index in [1.165, 1.54) is 5.56 Å². The minimum Gasteiger partial charge on any atom is -0.358 e. The zero-order chi connectivity index (χ0) is 21.7. The van der Waals surface area contributed by atoms with Crippen LogP contribution in [0, 0.1) is 13.8 Å². The van der Waals surface area contributed by atoms with E-state index >= 15 is 0 Å². The highest BCUT2D eigenvalue weighted by molar-refractivity contribution is 6.27. The van der Waals surface area contributed by atoms with Crippen LogP contribution < -0.4 is 10.7 Å². The first-order valence-electron chi connectivity index (χ1n) is 10.1. The summed E-state index contributed by atoms with van der Waals surface area (Å²) in [5.74, 6) is -0.330. The smallest absolute Gasteiger partial charge is 0.273 e. The molecule has 0 radical (unpaired) electrons. The van der Waals surface area contributed by atoms with Crippen LogP contribution in [0.3, 0.4) is 0 Å². The van der Waals surface area contributed by atoms with Crippen LogP contribution in [0.1, 0.15) is 39.3 Å². The molecule has 7 heteroatoms. The Morgan fingerprint density at radius 2 is 1.90 bits per heavy atom. The Kier molecular flexibility index (Phi) is 6.84. The quantitative estimate of drug-likeness (QED) is 0.587. The number of benzene rings is 1. The summed E-state index contributed by atoms with van der Waals surface area (Å²) in [4.78, 5) is 30.3. The van der Waals surface area contributed by atoms with Crippen molar-refractivity contribution in [2.45, 2.75) is 26.7 Å². The van der Waals surface area contributed by atoms with Gasteiger partial charge < -0.3 is 15.2 Å². The maximum atomic E-state index is 12.6. The molecule has 0 saturated carbocycles. The standard InChI is InChI=1S/C23H29N5O2/c1-15-20(25-16(2)21(15)23(30)24-12-13-28(3)4)14-18-19(26-27-22(18)29)11-10-17-8-6-5-7-9-17/h5-9,14,25H,10-13H2,1-4H3,(H,24,30)(H,27,29). The van der Waals surface area contributed by atoms with Crippen molar-refractivity contribution in [3.05, 3.63) is 64.0 Å². The van der Waals surface area contributed by atoms with Gasteiger partial charge in [-0.25, -0.2) is 5.43 Å². The van der Waals surface area contributed by atoms with Crippen LogP contribution in [-0.4, -0.2) is 54.6 Å². The zero-order valence-corrected chi connectivity index (χ0v) is 18.0. The van der Waals surface area contributed by atoms with Gasteiger partial charge in [0.1, 0.15) is 0 Å². The number of hydrogen-bond acceptors (Lipinski definition) is 4. The number of carbonyl (C=O) groups is 2. The molecule has 30 heavy (non-hydrogen) atoms. The fourth-order valence-corrected chi connectivity index (χ4v) is 3.50. The van der Waals surface area contributed by atoms with Crippen molar-refractivity contribution in [3.8, 4) is 0 Å². The third-order valence-electron chi connectivity index (χ3n) is 5.18. The molecule has 3 N–H and O–H groups in total. The van der Waals surface area contributed by atoms with Crippen molar-refractivity contribution < 1.29 is 9.59 Å². The normalized spacial score (nSPS) is 14.9. The van der Waals surface area contributed by atoms with Gasteiger partial charge in [-0.3, -0.25) is 9.59 Å². The number of likely N-dealkylation sites (N-methyl/N-ethyl adjacent to an activating group) is 1. The second-order valence-electron chi connectivity index (χ2n) is 7.77. The molecule has 0 aliphatic carbocycles. The topological polar surface area (TPSA) is 89.6 Å². The Bertz CT molecular complexity index is 987. The van der Waals surface area contributed by atoms with Gasteiger partial charge >= 0.3 is 0 Å². The van der Waals surface area contributed by atoms with Crippen LogP contribution >= 0.6 is 0 Å². The third kappa shape index (κ3) is 5.04. The van der Waals surface area contributed by atoms with E-state index in [-0.39, 0.29) is 11.8 Å². The summed E-state index contributed by atoms with van der Waals surface area (Å²) < 4.78 is 0.